The molecule has 0 spiro atoms. The van der Waals surface area contributed by atoms with Gasteiger partial charge in [-0.1, -0.05) is 6.07 Å². The summed E-state index contributed by atoms with van der Waals surface area (Å²) in [5.74, 6) is 0.0294. The molecular formula is C13H15ClN2O4. The molecule has 1 aliphatic rings. The molecule has 1 amide bonds. The molecule has 1 saturated heterocycles. The highest BCUT2D eigenvalue weighted by atomic mass is 35.5. The summed E-state index contributed by atoms with van der Waals surface area (Å²) in [7, 11) is 0. The minimum atomic E-state index is -0.482. The van der Waals surface area contributed by atoms with Crippen molar-refractivity contribution in [3.05, 3.63) is 39.4 Å². The van der Waals surface area contributed by atoms with Crippen molar-refractivity contribution < 1.29 is 14.5 Å². The van der Waals surface area contributed by atoms with Crippen molar-refractivity contribution in [3.63, 3.8) is 0 Å². The molecule has 1 aromatic carbocycles. The Labute approximate surface area is 121 Å². The Bertz CT molecular complexity index is 535. The number of carbonyl (C=O) groups is 1. The summed E-state index contributed by atoms with van der Waals surface area (Å²) in [5, 5.41) is 10.9. The van der Waals surface area contributed by atoms with Gasteiger partial charge in [0, 0.05) is 29.6 Å². The van der Waals surface area contributed by atoms with Crippen molar-refractivity contribution in [2.75, 3.05) is 25.6 Å². The van der Waals surface area contributed by atoms with Crippen LogP contribution in [0.3, 0.4) is 0 Å². The molecule has 2 rings (SSSR count). The summed E-state index contributed by atoms with van der Waals surface area (Å²) in [6.45, 7) is 2.93. The second-order valence-electron chi connectivity index (χ2n) is 4.64. The van der Waals surface area contributed by atoms with Crippen LogP contribution in [0.1, 0.15) is 15.9 Å². The number of morpholine rings is 1. The summed E-state index contributed by atoms with van der Waals surface area (Å²) in [6.07, 6.45) is 0. The van der Waals surface area contributed by atoms with Crippen molar-refractivity contribution >= 4 is 23.2 Å². The van der Waals surface area contributed by atoms with Gasteiger partial charge in [-0.15, -0.1) is 11.6 Å². The lowest BCUT2D eigenvalue weighted by molar-refractivity contribution is -0.385. The lowest BCUT2D eigenvalue weighted by Gasteiger charge is -2.34. The normalized spacial score (nSPS) is 18.9. The maximum Gasteiger partial charge on any atom is 0.273 e. The molecule has 1 unspecified atom stereocenters. The van der Waals surface area contributed by atoms with Crippen molar-refractivity contribution in [2.24, 2.45) is 0 Å². The third-order valence-electron chi connectivity index (χ3n) is 3.32. The number of hydrogen-bond acceptors (Lipinski definition) is 4. The molecule has 1 aliphatic heterocycles. The lowest BCUT2D eigenvalue weighted by Crippen LogP contribution is -2.49. The number of carbonyl (C=O) groups excluding carboxylic acids is 1. The molecule has 7 heteroatoms. The molecule has 0 aliphatic carbocycles. The molecular weight excluding hydrogens is 284 g/mol. The van der Waals surface area contributed by atoms with Gasteiger partial charge in [0.05, 0.1) is 24.2 Å². The maximum absolute atomic E-state index is 12.4. The highest BCUT2D eigenvalue weighted by molar-refractivity contribution is 6.18. The zero-order valence-electron chi connectivity index (χ0n) is 11.0. The summed E-state index contributed by atoms with van der Waals surface area (Å²) in [6, 6.07) is 4.31. The summed E-state index contributed by atoms with van der Waals surface area (Å²) in [5.41, 5.74) is 0.785. The Kier molecular flexibility index (Phi) is 4.57. The fraction of sp³-hybridized carbons (Fsp3) is 0.462. The van der Waals surface area contributed by atoms with Gasteiger partial charge in [0.15, 0.2) is 0 Å². The Balaban J connectivity index is 2.28. The predicted octanol–water partition coefficient (Wildman–Crippen LogP) is 1.98. The molecule has 0 radical (unpaired) electrons. The number of nitro benzene ring substituents is 1. The van der Waals surface area contributed by atoms with Gasteiger partial charge >= 0.3 is 0 Å². The summed E-state index contributed by atoms with van der Waals surface area (Å²) in [4.78, 5) is 24.5. The monoisotopic (exact) mass is 298 g/mol. The van der Waals surface area contributed by atoms with Gasteiger partial charge in [0.25, 0.3) is 11.6 Å². The first-order valence-electron chi connectivity index (χ1n) is 6.24. The van der Waals surface area contributed by atoms with Gasteiger partial charge in [0.2, 0.25) is 0 Å². The van der Waals surface area contributed by atoms with Crippen LogP contribution in [0.15, 0.2) is 18.2 Å². The molecule has 0 aromatic heterocycles. The number of rotatable bonds is 3. The largest absolute Gasteiger partial charge is 0.377 e. The highest BCUT2D eigenvalue weighted by Gasteiger charge is 2.28. The van der Waals surface area contributed by atoms with E-state index in [1.165, 1.54) is 6.07 Å². The Morgan fingerprint density at radius 2 is 2.35 bits per heavy atom. The van der Waals surface area contributed by atoms with Crippen LogP contribution in [0.5, 0.6) is 0 Å². The van der Waals surface area contributed by atoms with Crippen molar-refractivity contribution in [2.45, 2.75) is 13.0 Å². The van der Waals surface area contributed by atoms with Crippen molar-refractivity contribution in [3.8, 4) is 0 Å². The van der Waals surface area contributed by atoms with Crippen LogP contribution in [0.25, 0.3) is 0 Å². The van der Waals surface area contributed by atoms with Crippen molar-refractivity contribution in [1.29, 1.82) is 0 Å². The average Bonchev–Trinajstić information content (AvgIpc) is 2.46. The first kappa shape index (κ1) is 14.7. The predicted molar refractivity (Wildman–Crippen MR) is 74.2 cm³/mol. The zero-order chi connectivity index (χ0) is 14.7. The third-order valence-corrected chi connectivity index (χ3v) is 3.68. The summed E-state index contributed by atoms with van der Waals surface area (Å²) >= 11 is 5.83. The first-order chi connectivity index (χ1) is 9.54. The number of nitro groups is 1. The van der Waals surface area contributed by atoms with Gasteiger partial charge in [0.1, 0.15) is 0 Å². The lowest BCUT2D eigenvalue weighted by atomic mass is 10.1. The van der Waals surface area contributed by atoms with Crippen LogP contribution in [0.2, 0.25) is 0 Å². The van der Waals surface area contributed by atoms with E-state index in [1.54, 1.807) is 24.0 Å². The average molecular weight is 299 g/mol. The third kappa shape index (κ3) is 2.91. The molecule has 0 N–H and O–H groups in total. The van der Waals surface area contributed by atoms with Crippen LogP contribution in [0, 0.1) is 17.0 Å². The van der Waals surface area contributed by atoms with Crippen LogP contribution < -0.4 is 0 Å². The molecule has 1 heterocycles. The standard InChI is InChI=1S/C13H15ClN2O4/c1-9-2-3-10(6-12(9)16(18)19)13(17)15-4-5-20-8-11(15)7-14/h2-3,6,11H,4-5,7-8H2,1H3. The number of ether oxygens (including phenoxy) is 1. The maximum atomic E-state index is 12.4. The molecule has 0 saturated carbocycles. The van der Waals surface area contributed by atoms with E-state index in [0.717, 1.165) is 0 Å². The van der Waals surface area contributed by atoms with E-state index >= 15 is 0 Å². The minimum absolute atomic E-state index is 0.0495. The molecule has 108 valence electrons. The van der Waals surface area contributed by atoms with E-state index in [2.05, 4.69) is 0 Å². The number of halogens is 1. The van der Waals surface area contributed by atoms with E-state index in [1.807, 2.05) is 0 Å². The van der Waals surface area contributed by atoms with E-state index in [4.69, 9.17) is 16.3 Å². The first-order valence-corrected chi connectivity index (χ1v) is 6.77. The fourth-order valence-electron chi connectivity index (χ4n) is 2.15. The Morgan fingerprint density at radius 1 is 1.60 bits per heavy atom. The fourth-order valence-corrected chi connectivity index (χ4v) is 2.41. The number of amides is 1. The van der Waals surface area contributed by atoms with E-state index in [0.29, 0.717) is 30.9 Å². The Hall–Kier alpha value is -1.66. The number of nitrogens with zero attached hydrogens (tertiary/aromatic N) is 2. The molecule has 1 aromatic rings. The van der Waals surface area contributed by atoms with Crippen LogP contribution in [-0.2, 0) is 4.74 Å². The summed E-state index contributed by atoms with van der Waals surface area (Å²) < 4.78 is 5.28. The second-order valence-corrected chi connectivity index (χ2v) is 4.95. The highest BCUT2D eigenvalue weighted by Crippen LogP contribution is 2.21. The van der Waals surface area contributed by atoms with Crippen molar-refractivity contribution in [1.82, 2.24) is 4.90 Å². The minimum Gasteiger partial charge on any atom is -0.377 e. The number of hydrogen-bond donors (Lipinski definition) is 0. The SMILES string of the molecule is Cc1ccc(C(=O)N2CCOCC2CCl)cc1[N+](=O)[O-]. The van der Waals surface area contributed by atoms with Gasteiger partial charge in [-0.05, 0) is 13.0 Å². The topological polar surface area (TPSA) is 72.7 Å². The van der Waals surface area contributed by atoms with Gasteiger partial charge < -0.3 is 9.64 Å². The van der Waals surface area contributed by atoms with E-state index in [9.17, 15) is 14.9 Å². The Morgan fingerprint density at radius 3 is 3.00 bits per heavy atom. The van der Waals surface area contributed by atoms with Gasteiger partial charge in [-0.25, -0.2) is 0 Å². The quantitative estimate of drug-likeness (QED) is 0.486. The molecule has 6 nitrogen and oxygen atoms in total. The number of aryl methyl sites for hydroxylation is 1. The van der Waals surface area contributed by atoms with Crippen LogP contribution in [-0.4, -0.2) is 47.4 Å². The van der Waals surface area contributed by atoms with Gasteiger partial charge in [-0.2, -0.15) is 0 Å². The number of benzene rings is 1. The molecule has 1 fully saturated rings. The smallest absolute Gasteiger partial charge is 0.273 e. The van der Waals surface area contributed by atoms with E-state index in [-0.39, 0.29) is 23.5 Å². The van der Waals surface area contributed by atoms with Gasteiger partial charge in [-0.3, -0.25) is 14.9 Å². The van der Waals surface area contributed by atoms with Crippen LogP contribution >= 0.6 is 11.6 Å². The van der Waals surface area contributed by atoms with Crippen LogP contribution in [0.4, 0.5) is 5.69 Å². The molecule has 0 bridgehead atoms. The number of alkyl halides is 1. The zero-order valence-corrected chi connectivity index (χ0v) is 11.8. The van der Waals surface area contributed by atoms with E-state index < -0.39 is 4.92 Å². The molecule has 1 atom stereocenters. The molecule has 20 heavy (non-hydrogen) atoms. The second kappa shape index (κ2) is 6.19.